The number of carboxylic acid groups (broad SMARTS) is 1. The maximum absolute atomic E-state index is 13.7. The van der Waals surface area contributed by atoms with E-state index in [2.05, 4.69) is 0 Å². The lowest BCUT2D eigenvalue weighted by Crippen LogP contribution is -2.61. The van der Waals surface area contributed by atoms with Gasteiger partial charge in [-0.25, -0.2) is 13.6 Å². The summed E-state index contributed by atoms with van der Waals surface area (Å²) in [7, 11) is 0. The molecule has 4 rings (SSSR count). The fraction of sp³-hybridized carbons (Fsp3) is 0.405. The zero-order valence-electron chi connectivity index (χ0n) is 28.1. The van der Waals surface area contributed by atoms with Crippen LogP contribution in [0.2, 0.25) is 0 Å². The molecular formula is C37H43F2N3O7S. The van der Waals surface area contributed by atoms with Crippen LogP contribution in [0.5, 0.6) is 5.75 Å². The van der Waals surface area contributed by atoms with Crippen LogP contribution >= 0.6 is 11.8 Å². The molecule has 3 aromatic carbocycles. The van der Waals surface area contributed by atoms with Crippen molar-refractivity contribution in [3.63, 3.8) is 0 Å². The number of carbonyl (C=O) groups excluding carboxylic acids is 3. The lowest BCUT2D eigenvalue weighted by atomic mass is 9.84. The van der Waals surface area contributed by atoms with Crippen LogP contribution in [0.1, 0.15) is 75.6 Å². The molecular weight excluding hydrogens is 668 g/mol. The van der Waals surface area contributed by atoms with Crippen LogP contribution in [0.25, 0.3) is 0 Å². The summed E-state index contributed by atoms with van der Waals surface area (Å²) in [6.45, 7) is 2.64. The van der Waals surface area contributed by atoms with Crippen LogP contribution in [0.3, 0.4) is 0 Å². The number of benzene rings is 3. The number of aliphatic carboxylic acids is 1. The summed E-state index contributed by atoms with van der Waals surface area (Å²) < 4.78 is 32.8. The molecule has 1 heterocycles. The molecule has 1 fully saturated rings. The zero-order valence-corrected chi connectivity index (χ0v) is 28.9. The third-order valence-corrected chi connectivity index (χ3v) is 10.1. The third-order valence-electron chi connectivity index (χ3n) is 8.81. The number of aliphatic hydroxyl groups excluding tert-OH is 1. The number of amides is 3. The number of hydrogen-bond donors (Lipinski definition) is 3. The minimum absolute atomic E-state index is 0.0930. The Hall–Kier alpha value is -4.33. The van der Waals surface area contributed by atoms with E-state index in [4.69, 9.17) is 10.5 Å². The maximum Gasteiger partial charge on any atom is 0.330 e. The van der Waals surface area contributed by atoms with Gasteiger partial charge >= 0.3 is 5.97 Å². The smallest absolute Gasteiger partial charge is 0.330 e. The summed E-state index contributed by atoms with van der Waals surface area (Å²) in [5.74, 6) is -3.58. The second-order valence-electron chi connectivity index (χ2n) is 12.2. The molecule has 0 aromatic heterocycles. The Labute approximate surface area is 294 Å². The molecule has 10 nitrogen and oxygen atoms in total. The van der Waals surface area contributed by atoms with E-state index in [1.807, 2.05) is 13.8 Å². The van der Waals surface area contributed by atoms with Crippen LogP contribution in [0.15, 0.2) is 72.8 Å². The van der Waals surface area contributed by atoms with Gasteiger partial charge in [-0.3, -0.25) is 19.3 Å². The number of nitrogens with zero attached hydrogens (tertiary/aromatic N) is 2. The Kier molecular flexibility index (Phi) is 13.5. The van der Waals surface area contributed by atoms with Crippen molar-refractivity contribution < 1.29 is 42.9 Å². The number of imide groups is 1. The minimum Gasteiger partial charge on any atom is -0.484 e. The molecule has 50 heavy (non-hydrogen) atoms. The quantitative estimate of drug-likeness (QED) is 0.140. The fourth-order valence-electron chi connectivity index (χ4n) is 6.09. The van der Waals surface area contributed by atoms with Crippen LogP contribution in [-0.4, -0.2) is 68.5 Å². The predicted molar refractivity (Wildman–Crippen MR) is 186 cm³/mol. The molecule has 0 saturated carbocycles. The highest BCUT2D eigenvalue weighted by Gasteiger charge is 2.50. The second-order valence-corrected chi connectivity index (χ2v) is 13.4. The maximum atomic E-state index is 13.7. The molecule has 1 saturated heterocycles. The van der Waals surface area contributed by atoms with Gasteiger partial charge < -0.3 is 25.6 Å². The van der Waals surface area contributed by atoms with Gasteiger partial charge in [0.1, 0.15) is 28.2 Å². The average Bonchev–Trinajstić information content (AvgIpc) is 3.11. The van der Waals surface area contributed by atoms with Gasteiger partial charge in [-0.15, -0.1) is 11.8 Å². The van der Waals surface area contributed by atoms with Gasteiger partial charge in [0, 0.05) is 11.4 Å². The number of hydrogen-bond acceptors (Lipinski definition) is 8. The van der Waals surface area contributed by atoms with Crippen LogP contribution in [-0.2, 0) is 19.2 Å². The van der Waals surface area contributed by atoms with Gasteiger partial charge in [0.05, 0.1) is 18.7 Å². The number of nitrogens with two attached hydrogens (primary N) is 1. The minimum atomic E-state index is -1.75. The molecule has 0 bridgehead atoms. The van der Waals surface area contributed by atoms with Crippen molar-refractivity contribution in [1.29, 1.82) is 0 Å². The molecule has 1 unspecified atom stereocenters. The van der Waals surface area contributed by atoms with Crippen molar-refractivity contribution in [2.45, 2.75) is 75.3 Å². The molecule has 3 atom stereocenters. The van der Waals surface area contributed by atoms with Crippen molar-refractivity contribution in [2.24, 2.45) is 5.73 Å². The summed E-state index contributed by atoms with van der Waals surface area (Å²) in [4.78, 5) is 54.9. The Morgan fingerprint density at radius 3 is 2.00 bits per heavy atom. The van der Waals surface area contributed by atoms with E-state index < -0.39 is 65.5 Å². The first kappa shape index (κ1) is 38.5. The molecule has 0 radical (unpaired) electrons. The van der Waals surface area contributed by atoms with Gasteiger partial charge in [0.15, 0.2) is 6.61 Å². The Bertz CT molecular complexity index is 1620. The highest BCUT2D eigenvalue weighted by atomic mass is 32.2. The van der Waals surface area contributed by atoms with Gasteiger partial charge in [0.25, 0.3) is 5.91 Å². The molecule has 0 aliphatic carbocycles. The number of β-lactam (4-membered cyclic amide) rings is 1. The van der Waals surface area contributed by atoms with Crippen molar-refractivity contribution in [1.82, 2.24) is 4.90 Å². The second kappa shape index (κ2) is 17.6. The van der Waals surface area contributed by atoms with Crippen LogP contribution in [0.4, 0.5) is 14.5 Å². The average molecular weight is 712 g/mol. The molecule has 3 amide bonds. The number of aliphatic hydroxyl groups is 1. The first-order valence-corrected chi connectivity index (χ1v) is 17.7. The summed E-state index contributed by atoms with van der Waals surface area (Å²) in [6.07, 6.45) is 1.55. The fourth-order valence-corrected chi connectivity index (χ4v) is 7.39. The van der Waals surface area contributed by atoms with Gasteiger partial charge in [-0.05, 0) is 72.5 Å². The summed E-state index contributed by atoms with van der Waals surface area (Å²) in [5, 5.41) is 20.4. The molecule has 1 aliphatic rings. The lowest BCUT2D eigenvalue weighted by molar-refractivity contribution is -0.168. The van der Waals surface area contributed by atoms with Crippen molar-refractivity contribution in [3.8, 4) is 5.75 Å². The van der Waals surface area contributed by atoms with Gasteiger partial charge in [-0.1, -0.05) is 63.8 Å². The molecule has 268 valence electrons. The standard InChI is InChI=1S/C37H43F2N3O7S/c1-3-5-19-37(36(47)48,20-6-4-2)42(31(44)21-40)32(45)22-49-29-17-9-25(10-18-29)33-34(35(46)41(33)28-15-13-27(39)14-16-28)50-23-30(43)24-7-11-26(38)12-8-24/h7-18,30,33-34,43H,3-6,19-23,40H2,1-2H3,(H,47,48)/t30?,33-,34-/m1/s1. The zero-order chi connectivity index (χ0) is 36.4. The Morgan fingerprint density at radius 1 is 0.920 bits per heavy atom. The summed E-state index contributed by atoms with van der Waals surface area (Å²) >= 11 is 1.24. The van der Waals surface area contributed by atoms with E-state index in [0.29, 0.717) is 42.5 Å². The van der Waals surface area contributed by atoms with Crippen LogP contribution in [0, 0.1) is 11.6 Å². The largest absolute Gasteiger partial charge is 0.484 e. The number of carbonyl (C=O) groups is 4. The number of thioether (sulfide) groups is 1. The predicted octanol–water partition coefficient (Wildman–Crippen LogP) is 5.78. The number of unbranched alkanes of at least 4 members (excludes halogenated alkanes) is 2. The number of ether oxygens (including phenoxy) is 1. The van der Waals surface area contributed by atoms with Gasteiger partial charge in [0.2, 0.25) is 11.8 Å². The first-order chi connectivity index (χ1) is 24.0. The number of anilines is 1. The normalized spacial score (nSPS) is 16.4. The van der Waals surface area contributed by atoms with E-state index in [0.717, 1.165) is 4.90 Å². The topological polar surface area (TPSA) is 150 Å². The summed E-state index contributed by atoms with van der Waals surface area (Å²) in [6, 6.07) is 17.1. The monoisotopic (exact) mass is 711 g/mol. The lowest BCUT2D eigenvalue weighted by Gasteiger charge is -2.47. The number of halogens is 2. The summed E-state index contributed by atoms with van der Waals surface area (Å²) in [5.41, 5.74) is 5.59. The van der Waals surface area contributed by atoms with Crippen molar-refractivity contribution >= 4 is 41.1 Å². The van der Waals surface area contributed by atoms with E-state index in [9.17, 15) is 38.2 Å². The molecule has 1 aliphatic heterocycles. The highest BCUT2D eigenvalue weighted by Crippen LogP contribution is 2.46. The molecule has 3 aromatic rings. The SMILES string of the molecule is CCCCC(CCCC)(C(=O)O)N(C(=O)CN)C(=O)COc1ccc([C@@H]2[C@@H](SCC(O)c3ccc(F)cc3)C(=O)N2c2ccc(F)cc2)cc1. The molecule has 13 heteroatoms. The Morgan fingerprint density at radius 2 is 1.48 bits per heavy atom. The van der Waals surface area contributed by atoms with E-state index in [1.54, 1.807) is 24.3 Å². The van der Waals surface area contributed by atoms with Crippen LogP contribution < -0.4 is 15.4 Å². The van der Waals surface area contributed by atoms with Crippen molar-refractivity contribution in [3.05, 3.63) is 95.6 Å². The Balaban J connectivity index is 1.53. The highest BCUT2D eigenvalue weighted by molar-refractivity contribution is 8.00. The number of rotatable bonds is 18. The van der Waals surface area contributed by atoms with E-state index in [1.165, 1.54) is 65.2 Å². The third kappa shape index (κ3) is 8.69. The van der Waals surface area contributed by atoms with Gasteiger partial charge in [-0.2, -0.15) is 0 Å². The van der Waals surface area contributed by atoms with E-state index in [-0.39, 0.29) is 30.3 Å². The number of carboxylic acids is 1. The van der Waals surface area contributed by atoms with Crippen molar-refractivity contribution in [2.75, 3.05) is 23.8 Å². The molecule has 4 N–H and O–H groups in total. The first-order valence-electron chi connectivity index (χ1n) is 16.6. The van der Waals surface area contributed by atoms with E-state index >= 15 is 0 Å². The molecule has 0 spiro atoms.